The lowest BCUT2D eigenvalue weighted by atomic mass is 10.3. The van der Waals surface area contributed by atoms with Gasteiger partial charge in [0.1, 0.15) is 10.2 Å². The number of carboxylic acid groups (broad SMARTS) is 1. The van der Waals surface area contributed by atoms with Crippen molar-refractivity contribution < 1.29 is 23.1 Å². The van der Waals surface area contributed by atoms with Crippen molar-refractivity contribution in [2.24, 2.45) is 0 Å². The van der Waals surface area contributed by atoms with Crippen LogP contribution in [0, 0.1) is 0 Å². The van der Waals surface area contributed by atoms with E-state index in [1.54, 1.807) is 0 Å². The number of carbonyl (C=O) groups is 1. The van der Waals surface area contributed by atoms with E-state index in [9.17, 15) is 18.0 Å². The summed E-state index contributed by atoms with van der Waals surface area (Å²) in [5.74, 6) is -1.50. The summed E-state index contributed by atoms with van der Waals surface area (Å²) in [6.07, 6.45) is -4.65. The van der Waals surface area contributed by atoms with Crippen LogP contribution in [0.25, 0.3) is 0 Å². The smallest absolute Gasteiger partial charge is 0.419 e. The molecule has 0 radical (unpaired) electrons. The largest absolute Gasteiger partial charge is 0.481 e. The number of aromatic nitrogens is 1. The molecule has 0 spiro atoms. The van der Waals surface area contributed by atoms with Gasteiger partial charge in [-0.3, -0.25) is 4.79 Å². The molecule has 1 aromatic rings. The predicted molar refractivity (Wildman–Crippen MR) is 57.6 cm³/mol. The molecule has 0 aliphatic heterocycles. The summed E-state index contributed by atoms with van der Waals surface area (Å²) in [6, 6.07) is 0.626. The molecule has 0 aliphatic rings. The lowest BCUT2D eigenvalue weighted by Crippen LogP contribution is -2.08. The summed E-state index contributed by atoms with van der Waals surface area (Å²) >= 11 is 11.6. The minimum absolute atomic E-state index is 0.0490. The molecule has 0 atom stereocenters. The lowest BCUT2D eigenvalue weighted by Gasteiger charge is -2.10. The van der Waals surface area contributed by atoms with Gasteiger partial charge in [-0.05, 0) is 6.07 Å². The number of pyridine rings is 1. The Morgan fingerprint density at radius 2 is 2.06 bits per heavy atom. The summed E-state index contributed by atoms with van der Waals surface area (Å²) in [5, 5.41) is 7.33. The number of nitrogens with zero attached hydrogens (tertiary/aromatic N) is 1. The van der Waals surface area contributed by atoms with E-state index in [1.807, 2.05) is 0 Å². The number of hydrogen-bond donors (Lipinski definition) is 1. The SMILES string of the molecule is O=C(O)CSc1nc(Cl)c(C(F)(F)F)cc1Cl. The molecule has 0 unspecified atom stereocenters. The third kappa shape index (κ3) is 3.93. The summed E-state index contributed by atoms with van der Waals surface area (Å²) in [5.41, 5.74) is -1.15. The highest BCUT2D eigenvalue weighted by Crippen LogP contribution is 2.38. The Morgan fingerprint density at radius 3 is 2.53 bits per heavy atom. The molecule has 0 aliphatic carbocycles. The van der Waals surface area contributed by atoms with E-state index in [-0.39, 0.29) is 15.8 Å². The molecule has 0 amide bonds. The summed E-state index contributed by atoms with van der Waals surface area (Å²) < 4.78 is 37.2. The first-order chi connectivity index (χ1) is 7.71. The van der Waals surface area contributed by atoms with Gasteiger partial charge in [0.2, 0.25) is 0 Å². The van der Waals surface area contributed by atoms with Gasteiger partial charge in [-0.1, -0.05) is 35.0 Å². The van der Waals surface area contributed by atoms with Crippen LogP contribution in [0.15, 0.2) is 11.1 Å². The average Bonchev–Trinajstić information content (AvgIpc) is 2.17. The number of aliphatic carboxylic acids is 1. The zero-order valence-corrected chi connectivity index (χ0v) is 10.2. The van der Waals surface area contributed by atoms with Crippen LogP contribution in [0.3, 0.4) is 0 Å². The van der Waals surface area contributed by atoms with Gasteiger partial charge in [-0.15, -0.1) is 0 Å². The fourth-order valence-corrected chi connectivity index (χ4v) is 2.11. The fraction of sp³-hybridized carbons (Fsp3) is 0.250. The molecule has 0 bridgehead atoms. The van der Waals surface area contributed by atoms with Gasteiger partial charge in [-0.25, -0.2) is 4.98 Å². The normalized spacial score (nSPS) is 11.6. The molecule has 9 heteroatoms. The third-order valence-corrected chi connectivity index (χ3v) is 3.20. The third-order valence-electron chi connectivity index (χ3n) is 1.54. The second-order valence-corrected chi connectivity index (χ2v) is 4.52. The Morgan fingerprint density at radius 1 is 1.47 bits per heavy atom. The van der Waals surface area contributed by atoms with Crippen LogP contribution >= 0.6 is 35.0 Å². The van der Waals surface area contributed by atoms with E-state index in [2.05, 4.69) is 4.98 Å². The van der Waals surface area contributed by atoms with Crippen molar-refractivity contribution in [2.45, 2.75) is 11.2 Å². The van der Waals surface area contributed by atoms with Gasteiger partial charge in [0.15, 0.2) is 0 Å². The molecule has 3 nitrogen and oxygen atoms in total. The minimum atomic E-state index is -4.65. The maximum absolute atomic E-state index is 12.4. The van der Waals surface area contributed by atoms with E-state index in [4.69, 9.17) is 28.3 Å². The van der Waals surface area contributed by atoms with Crippen LogP contribution in [-0.2, 0) is 11.0 Å². The molecule has 0 fully saturated rings. The van der Waals surface area contributed by atoms with Crippen molar-refractivity contribution in [2.75, 3.05) is 5.75 Å². The first kappa shape index (κ1) is 14.4. The predicted octanol–water partition coefficient (Wildman–Crippen LogP) is 3.58. The Balaban J connectivity index is 3.06. The number of alkyl halides is 3. The number of thioether (sulfide) groups is 1. The monoisotopic (exact) mass is 305 g/mol. The topological polar surface area (TPSA) is 50.2 Å². The van der Waals surface area contributed by atoms with E-state index < -0.39 is 22.9 Å². The molecule has 0 saturated heterocycles. The molecule has 0 aromatic carbocycles. The van der Waals surface area contributed by atoms with Crippen LogP contribution < -0.4 is 0 Å². The Labute approximate surface area is 108 Å². The molecule has 1 heterocycles. The van der Waals surface area contributed by atoms with Crippen LogP contribution in [-0.4, -0.2) is 21.8 Å². The summed E-state index contributed by atoms with van der Waals surface area (Å²) in [7, 11) is 0. The highest BCUT2D eigenvalue weighted by Gasteiger charge is 2.35. The molecule has 1 rings (SSSR count). The van der Waals surface area contributed by atoms with Crippen molar-refractivity contribution in [3.8, 4) is 0 Å². The minimum Gasteiger partial charge on any atom is -0.481 e. The standard InChI is InChI=1S/C8H4Cl2F3NO2S/c9-4-1-3(8(11,12)13)6(10)14-7(4)17-2-5(15)16/h1H,2H2,(H,15,16). The molecule has 1 aromatic heterocycles. The van der Waals surface area contributed by atoms with Gasteiger partial charge in [0.25, 0.3) is 0 Å². The van der Waals surface area contributed by atoms with Crippen molar-refractivity contribution in [1.82, 2.24) is 4.98 Å². The highest BCUT2D eigenvalue weighted by molar-refractivity contribution is 8.00. The van der Waals surface area contributed by atoms with Crippen LogP contribution in [0.4, 0.5) is 13.2 Å². The number of hydrogen-bond acceptors (Lipinski definition) is 3. The Kier molecular flexibility index (Phi) is 4.51. The summed E-state index contributed by atoms with van der Waals surface area (Å²) in [6.45, 7) is 0. The highest BCUT2D eigenvalue weighted by atomic mass is 35.5. The van der Waals surface area contributed by atoms with Crippen LogP contribution in [0.5, 0.6) is 0 Å². The van der Waals surface area contributed by atoms with Crippen LogP contribution in [0.2, 0.25) is 10.2 Å². The molecule has 0 saturated carbocycles. The van der Waals surface area contributed by atoms with E-state index >= 15 is 0 Å². The maximum atomic E-state index is 12.4. The number of rotatable bonds is 3. The first-order valence-electron chi connectivity index (χ1n) is 3.99. The average molecular weight is 306 g/mol. The Hall–Kier alpha value is -0.660. The van der Waals surface area contributed by atoms with Crippen LogP contribution in [0.1, 0.15) is 5.56 Å². The molecule has 1 N–H and O–H groups in total. The van der Waals surface area contributed by atoms with E-state index in [0.29, 0.717) is 17.8 Å². The molecular formula is C8H4Cl2F3NO2S. The maximum Gasteiger partial charge on any atom is 0.419 e. The van der Waals surface area contributed by atoms with Crippen molar-refractivity contribution in [1.29, 1.82) is 0 Å². The molecule has 17 heavy (non-hydrogen) atoms. The van der Waals surface area contributed by atoms with E-state index in [0.717, 1.165) is 0 Å². The van der Waals surface area contributed by atoms with Gasteiger partial charge in [0, 0.05) is 0 Å². The second-order valence-electron chi connectivity index (χ2n) is 2.79. The van der Waals surface area contributed by atoms with Gasteiger partial charge >= 0.3 is 12.1 Å². The van der Waals surface area contributed by atoms with Crippen molar-refractivity contribution in [3.05, 3.63) is 21.8 Å². The zero-order valence-electron chi connectivity index (χ0n) is 7.89. The first-order valence-corrected chi connectivity index (χ1v) is 5.74. The zero-order chi connectivity index (χ0) is 13.2. The van der Waals surface area contributed by atoms with Gasteiger partial charge in [0.05, 0.1) is 16.3 Å². The lowest BCUT2D eigenvalue weighted by molar-refractivity contribution is -0.138. The van der Waals surface area contributed by atoms with Crippen molar-refractivity contribution in [3.63, 3.8) is 0 Å². The van der Waals surface area contributed by atoms with Gasteiger partial charge in [-0.2, -0.15) is 13.2 Å². The van der Waals surface area contributed by atoms with E-state index in [1.165, 1.54) is 0 Å². The second kappa shape index (κ2) is 5.32. The summed E-state index contributed by atoms with van der Waals surface area (Å²) in [4.78, 5) is 13.7. The van der Waals surface area contributed by atoms with Crippen molar-refractivity contribution >= 4 is 40.9 Å². The molecule has 94 valence electrons. The fourth-order valence-electron chi connectivity index (χ4n) is 0.881. The van der Waals surface area contributed by atoms with Gasteiger partial charge < -0.3 is 5.11 Å². The number of carboxylic acids is 1. The molecular weight excluding hydrogens is 302 g/mol. The quantitative estimate of drug-likeness (QED) is 0.685. The number of halogens is 5. The Bertz CT molecular complexity index is 453.